The van der Waals surface area contributed by atoms with Crippen molar-refractivity contribution in [1.29, 1.82) is 10.5 Å². The van der Waals surface area contributed by atoms with Crippen LogP contribution in [0.25, 0.3) is 0 Å². The van der Waals surface area contributed by atoms with E-state index in [0.717, 1.165) is 0 Å². The number of rotatable bonds is 4. The molecule has 0 amide bonds. The van der Waals surface area contributed by atoms with Gasteiger partial charge >= 0.3 is 0 Å². The highest BCUT2D eigenvalue weighted by Crippen LogP contribution is 1.91. The van der Waals surface area contributed by atoms with Gasteiger partial charge in [-0.15, -0.1) is 0 Å². The number of nitriles is 2. The van der Waals surface area contributed by atoms with Gasteiger partial charge in [0, 0.05) is 24.2 Å². The Balaban J connectivity index is 3.83. The molecule has 0 unspecified atom stereocenters. The Kier molecular flexibility index (Phi) is 6.23. The van der Waals surface area contributed by atoms with E-state index in [0.29, 0.717) is 24.2 Å². The quantitative estimate of drug-likeness (QED) is 0.659. The Morgan fingerprint density at radius 2 is 1.46 bits per heavy atom. The minimum absolute atomic E-state index is 0.520. The number of nitrogens with one attached hydrogen (secondary N) is 1. The summed E-state index contributed by atoms with van der Waals surface area (Å²) >= 11 is 0. The van der Waals surface area contributed by atoms with Gasteiger partial charge in [-0.1, -0.05) is 12.2 Å². The van der Waals surface area contributed by atoms with Crippen molar-refractivity contribution >= 4 is 0 Å². The largest absolute Gasteiger partial charge is 0.307 e. The first-order valence-electron chi connectivity index (χ1n) is 4.09. The third-order valence-electron chi connectivity index (χ3n) is 1.62. The Morgan fingerprint density at radius 1 is 1.08 bits per heavy atom. The maximum Gasteiger partial charge on any atom is 0.0957 e. The molecule has 0 aromatic rings. The zero-order valence-electron chi connectivity index (χ0n) is 7.96. The molecule has 0 rings (SSSR count). The summed E-state index contributed by atoms with van der Waals surface area (Å²) in [5, 5.41) is 20.1. The van der Waals surface area contributed by atoms with Crippen LogP contribution in [0.2, 0.25) is 0 Å². The second-order valence-electron chi connectivity index (χ2n) is 2.45. The van der Waals surface area contributed by atoms with Crippen LogP contribution in [0.5, 0.6) is 0 Å². The summed E-state index contributed by atoms with van der Waals surface area (Å²) in [5.41, 5.74) is 1.38. The standard InChI is InChI=1S/C10H13N3/c1-3-9(5-11)7-13-8-10(4-2)6-12/h3-4,13H,7-8H2,1-2H3/b9-3-,10-4+. The lowest BCUT2D eigenvalue weighted by atomic mass is 10.2. The van der Waals surface area contributed by atoms with Gasteiger partial charge in [-0.25, -0.2) is 0 Å². The van der Waals surface area contributed by atoms with Crippen LogP contribution in [0, 0.1) is 22.7 Å². The van der Waals surface area contributed by atoms with E-state index in [1.165, 1.54) is 0 Å². The molecular weight excluding hydrogens is 162 g/mol. The van der Waals surface area contributed by atoms with Gasteiger partial charge in [0.1, 0.15) is 0 Å². The van der Waals surface area contributed by atoms with E-state index >= 15 is 0 Å². The molecule has 3 heteroatoms. The molecule has 0 saturated carbocycles. The highest BCUT2D eigenvalue weighted by molar-refractivity contribution is 5.24. The predicted octanol–water partition coefficient (Wildman–Crippen LogP) is 1.52. The normalized spacial score (nSPS) is 12.0. The summed E-state index contributed by atoms with van der Waals surface area (Å²) in [6, 6.07) is 4.12. The average Bonchev–Trinajstić information content (AvgIpc) is 2.19. The van der Waals surface area contributed by atoms with Crippen LogP contribution in [0.15, 0.2) is 23.3 Å². The fraction of sp³-hybridized carbons (Fsp3) is 0.400. The minimum atomic E-state index is 0.520. The summed E-state index contributed by atoms with van der Waals surface area (Å²) < 4.78 is 0. The SMILES string of the molecule is C/C=C(\C#N)CNC/C(C#N)=C\C. The monoisotopic (exact) mass is 175 g/mol. The molecule has 0 heterocycles. The summed E-state index contributed by atoms with van der Waals surface area (Å²) in [4.78, 5) is 0. The first kappa shape index (κ1) is 11.4. The van der Waals surface area contributed by atoms with Crippen LogP contribution < -0.4 is 5.32 Å². The molecule has 0 aromatic heterocycles. The first-order valence-corrected chi connectivity index (χ1v) is 4.09. The van der Waals surface area contributed by atoms with Crippen LogP contribution in [0.4, 0.5) is 0 Å². The van der Waals surface area contributed by atoms with Crippen molar-refractivity contribution in [2.75, 3.05) is 13.1 Å². The molecule has 0 aliphatic rings. The van der Waals surface area contributed by atoms with Crippen molar-refractivity contribution in [1.82, 2.24) is 5.32 Å². The molecule has 1 N–H and O–H groups in total. The zero-order chi connectivity index (χ0) is 10.1. The molecule has 0 aliphatic heterocycles. The van der Waals surface area contributed by atoms with Crippen LogP contribution in [0.1, 0.15) is 13.8 Å². The van der Waals surface area contributed by atoms with Crippen LogP contribution in [-0.2, 0) is 0 Å². The Morgan fingerprint density at radius 3 is 1.69 bits per heavy atom. The molecule has 0 bridgehead atoms. The van der Waals surface area contributed by atoms with Crippen LogP contribution in [-0.4, -0.2) is 13.1 Å². The molecule has 0 saturated heterocycles. The lowest BCUT2D eigenvalue weighted by Crippen LogP contribution is -2.19. The number of hydrogen-bond donors (Lipinski definition) is 1. The topological polar surface area (TPSA) is 59.6 Å². The van der Waals surface area contributed by atoms with E-state index in [1.54, 1.807) is 12.2 Å². The van der Waals surface area contributed by atoms with Crippen molar-refractivity contribution < 1.29 is 0 Å². The molecule has 0 spiro atoms. The van der Waals surface area contributed by atoms with Crippen molar-refractivity contribution in [3.8, 4) is 12.1 Å². The van der Waals surface area contributed by atoms with Crippen molar-refractivity contribution in [3.63, 3.8) is 0 Å². The lowest BCUT2D eigenvalue weighted by Gasteiger charge is -2.00. The molecule has 13 heavy (non-hydrogen) atoms. The van der Waals surface area contributed by atoms with E-state index in [-0.39, 0.29) is 0 Å². The average molecular weight is 175 g/mol. The lowest BCUT2D eigenvalue weighted by molar-refractivity contribution is 0.810. The second kappa shape index (κ2) is 7.09. The summed E-state index contributed by atoms with van der Waals surface area (Å²) in [5.74, 6) is 0. The molecule has 68 valence electrons. The molecular formula is C10H13N3. The number of nitrogens with zero attached hydrogens (tertiary/aromatic N) is 2. The van der Waals surface area contributed by atoms with E-state index in [2.05, 4.69) is 17.5 Å². The van der Waals surface area contributed by atoms with Crippen molar-refractivity contribution in [2.24, 2.45) is 0 Å². The zero-order valence-corrected chi connectivity index (χ0v) is 7.96. The maximum atomic E-state index is 8.57. The number of hydrogen-bond acceptors (Lipinski definition) is 3. The Hall–Kier alpha value is -1.58. The van der Waals surface area contributed by atoms with Crippen molar-refractivity contribution in [3.05, 3.63) is 23.3 Å². The molecule has 0 aliphatic carbocycles. The van der Waals surface area contributed by atoms with Gasteiger partial charge in [0.25, 0.3) is 0 Å². The van der Waals surface area contributed by atoms with E-state index < -0.39 is 0 Å². The Labute approximate surface area is 79.0 Å². The molecule has 0 radical (unpaired) electrons. The molecule has 0 fully saturated rings. The van der Waals surface area contributed by atoms with E-state index in [4.69, 9.17) is 10.5 Å². The maximum absolute atomic E-state index is 8.57. The molecule has 0 aromatic carbocycles. The van der Waals surface area contributed by atoms with Gasteiger partial charge in [0.15, 0.2) is 0 Å². The highest BCUT2D eigenvalue weighted by Gasteiger charge is 1.95. The smallest absolute Gasteiger partial charge is 0.0957 e. The molecule has 0 atom stereocenters. The first-order chi connectivity index (χ1) is 6.28. The minimum Gasteiger partial charge on any atom is -0.307 e. The van der Waals surface area contributed by atoms with Gasteiger partial charge in [-0.05, 0) is 13.8 Å². The van der Waals surface area contributed by atoms with Crippen LogP contribution in [0.3, 0.4) is 0 Å². The predicted molar refractivity (Wildman–Crippen MR) is 51.6 cm³/mol. The van der Waals surface area contributed by atoms with Gasteiger partial charge in [0.05, 0.1) is 12.1 Å². The fourth-order valence-corrected chi connectivity index (χ4v) is 0.744. The number of allylic oxidation sites excluding steroid dienone is 2. The second-order valence-corrected chi connectivity index (χ2v) is 2.45. The van der Waals surface area contributed by atoms with Crippen molar-refractivity contribution in [2.45, 2.75) is 13.8 Å². The van der Waals surface area contributed by atoms with Gasteiger partial charge in [-0.3, -0.25) is 0 Å². The van der Waals surface area contributed by atoms with E-state index in [1.807, 2.05) is 13.8 Å². The fourth-order valence-electron chi connectivity index (χ4n) is 0.744. The summed E-state index contributed by atoms with van der Waals surface area (Å²) in [6.07, 6.45) is 3.52. The highest BCUT2D eigenvalue weighted by atomic mass is 14.8. The van der Waals surface area contributed by atoms with Gasteiger partial charge in [0.2, 0.25) is 0 Å². The van der Waals surface area contributed by atoms with E-state index in [9.17, 15) is 0 Å². The van der Waals surface area contributed by atoms with Gasteiger partial charge in [-0.2, -0.15) is 10.5 Å². The van der Waals surface area contributed by atoms with Gasteiger partial charge < -0.3 is 5.32 Å². The van der Waals surface area contributed by atoms with Crippen LogP contribution >= 0.6 is 0 Å². The summed E-state index contributed by atoms with van der Waals surface area (Å²) in [6.45, 7) is 4.68. The third kappa shape index (κ3) is 4.79. The molecule has 3 nitrogen and oxygen atoms in total. The summed E-state index contributed by atoms with van der Waals surface area (Å²) in [7, 11) is 0. The third-order valence-corrected chi connectivity index (χ3v) is 1.62. The Bertz CT molecular complexity index is 256.